The van der Waals surface area contributed by atoms with Gasteiger partial charge in [-0.25, -0.2) is 8.78 Å². The first-order valence-corrected chi connectivity index (χ1v) is 6.45. The predicted octanol–water partition coefficient (Wildman–Crippen LogP) is 3.34. The molecule has 1 amide bonds. The molecule has 2 rings (SSSR count). The van der Waals surface area contributed by atoms with Gasteiger partial charge in [-0.15, -0.1) is 0 Å². The van der Waals surface area contributed by atoms with E-state index in [0.29, 0.717) is 5.56 Å². The van der Waals surface area contributed by atoms with E-state index in [1.165, 1.54) is 30.3 Å². The van der Waals surface area contributed by atoms with Crippen LogP contribution >= 0.6 is 0 Å². The predicted molar refractivity (Wildman–Crippen MR) is 75.7 cm³/mol. The largest absolute Gasteiger partial charge is 0.388 e. The third-order valence-corrected chi connectivity index (χ3v) is 3.01. The highest BCUT2D eigenvalue weighted by molar-refractivity contribution is 5.91. The van der Waals surface area contributed by atoms with Gasteiger partial charge in [0, 0.05) is 0 Å². The fraction of sp³-hybridized carbons (Fsp3) is 0.188. The Balaban J connectivity index is 2.01. The van der Waals surface area contributed by atoms with Crippen molar-refractivity contribution in [3.05, 3.63) is 65.2 Å². The number of hydrogen-bond acceptors (Lipinski definition) is 2. The molecule has 2 aromatic rings. The molecular weight excluding hydrogens is 276 g/mol. The van der Waals surface area contributed by atoms with Crippen molar-refractivity contribution in [2.45, 2.75) is 19.4 Å². The van der Waals surface area contributed by atoms with E-state index < -0.39 is 23.6 Å². The monoisotopic (exact) mass is 291 g/mol. The van der Waals surface area contributed by atoms with Gasteiger partial charge >= 0.3 is 0 Å². The number of hydrogen-bond donors (Lipinski definition) is 2. The number of amides is 1. The number of benzene rings is 2. The van der Waals surface area contributed by atoms with Crippen LogP contribution in [-0.2, 0) is 4.79 Å². The van der Waals surface area contributed by atoms with Crippen LogP contribution in [0, 0.1) is 18.6 Å². The maximum Gasteiger partial charge on any atom is 0.227 e. The standard InChI is InChI=1S/C16H15F2NO2/c1-10-5-6-14(13(18)7-10)19-16(21)9-15(20)11-3-2-4-12(17)8-11/h2-8,15,20H,9H2,1H3,(H,19,21). The van der Waals surface area contributed by atoms with Gasteiger partial charge in [0.25, 0.3) is 0 Å². The summed E-state index contributed by atoms with van der Waals surface area (Å²) in [5.74, 6) is -1.57. The van der Waals surface area contributed by atoms with Gasteiger partial charge in [0.1, 0.15) is 11.6 Å². The van der Waals surface area contributed by atoms with Crippen LogP contribution in [0.25, 0.3) is 0 Å². The zero-order chi connectivity index (χ0) is 15.4. The van der Waals surface area contributed by atoms with Crippen LogP contribution < -0.4 is 5.32 Å². The van der Waals surface area contributed by atoms with Gasteiger partial charge in [0.05, 0.1) is 18.2 Å². The van der Waals surface area contributed by atoms with Gasteiger partial charge in [-0.1, -0.05) is 18.2 Å². The molecule has 21 heavy (non-hydrogen) atoms. The summed E-state index contributed by atoms with van der Waals surface area (Å²) in [6.07, 6.45) is -1.43. The van der Waals surface area contributed by atoms with Crippen molar-refractivity contribution >= 4 is 11.6 Å². The van der Waals surface area contributed by atoms with Gasteiger partial charge in [0.15, 0.2) is 0 Å². The van der Waals surface area contributed by atoms with E-state index in [4.69, 9.17) is 0 Å². The van der Waals surface area contributed by atoms with Crippen LogP contribution in [0.2, 0.25) is 0 Å². The molecule has 0 radical (unpaired) electrons. The summed E-state index contributed by atoms with van der Waals surface area (Å²) in [5.41, 5.74) is 1.09. The summed E-state index contributed by atoms with van der Waals surface area (Å²) < 4.78 is 26.6. The van der Waals surface area contributed by atoms with Crippen LogP contribution in [-0.4, -0.2) is 11.0 Å². The normalized spacial score (nSPS) is 12.0. The summed E-state index contributed by atoms with van der Waals surface area (Å²) >= 11 is 0. The molecular formula is C16H15F2NO2. The van der Waals surface area contributed by atoms with Crippen molar-refractivity contribution in [1.29, 1.82) is 0 Å². The third-order valence-electron chi connectivity index (χ3n) is 3.01. The molecule has 3 nitrogen and oxygen atoms in total. The Hall–Kier alpha value is -2.27. The fourth-order valence-corrected chi connectivity index (χ4v) is 1.93. The molecule has 0 aliphatic rings. The van der Waals surface area contributed by atoms with E-state index in [2.05, 4.69) is 5.32 Å². The van der Waals surface area contributed by atoms with E-state index >= 15 is 0 Å². The molecule has 0 bridgehead atoms. The highest BCUT2D eigenvalue weighted by atomic mass is 19.1. The Labute approximate surface area is 121 Å². The lowest BCUT2D eigenvalue weighted by atomic mass is 10.1. The molecule has 0 spiro atoms. The summed E-state index contributed by atoms with van der Waals surface area (Å²) in [6, 6.07) is 9.80. The first-order chi connectivity index (χ1) is 9.95. The minimum Gasteiger partial charge on any atom is -0.388 e. The summed E-state index contributed by atoms with van der Waals surface area (Å²) in [4.78, 5) is 11.8. The van der Waals surface area contributed by atoms with Crippen molar-refractivity contribution in [2.75, 3.05) is 5.32 Å². The second kappa shape index (κ2) is 6.45. The molecule has 0 saturated carbocycles. The lowest BCUT2D eigenvalue weighted by Crippen LogP contribution is -2.16. The first kappa shape index (κ1) is 15.1. The number of carbonyl (C=O) groups excluding carboxylic acids is 1. The molecule has 0 fully saturated rings. The molecule has 2 aromatic carbocycles. The summed E-state index contributed by atoms with van der Waals surface area (Å²) in [6.45, 7) is 1.74. The Morgan fingerprint density at radius 2 is 2.00 bits per heavy atom. The minimum atomic E-state index is -1.14. The number of halogens is 2. The SMILES string of the molecule is Cc1ccc(NC(=O)CC(O)c2cccc(F)c2)c(F)c1. The Morgan fingerprint density at radius 3 is 2.67 bits per heavy atom. The first-order valence-electron chi connectivity index (χ1n) is 6.45. The number of rotatable bonds is 4. The second-order valence-corrected chi connectivity index (χ2v) is 4.81. The molecule has 2 N–H and O–H groups in total. The zero-order valence-electron chi connectivity index (χ0n) is 11.4. The van der Waals surface area contributed by atoms with E-state index in [1.807, 2.05) is 0 Å². The van der Waals surface area contributed by atoms with Crippen molar-refractivity contribution in [3.8, 4) is 0 Å². The smallest absolute Gasteiger partial charge is 0.227 e. The van der Waals surface area contributed by atoms with Gasteiger partial charge in [-0.05, 0) is 42.3 Å². The van der Waals surface area contributed by atoms with Crippen LogP contribution in [0.3, 0.4) is 0 Å². The van der Waals surface area contributed by atoms with Crippen molar-refractivity contribution in [2.24, 2.45) is 0 Å². The molecule has 1 atom stereocenters. The van der Waals surface area contributed by atoms with E-state index in [9.17, 15) is 18.7 Å². The maximum absolute atomic E-state index is 13.6. The number of carbonyl (C=O) groups is 1. The van der Waals surface area contributed by atoms with Crippen molar-refractivity contribution in [3.63, 3.8) is 0 Å². The van der Waals surface area contributed by atoms with E-state index in [-0.39, 0.29) is 12.1 Å². The number of anilines is 1. The summed E-state index contributed by atoms with van der Waals surface area (Å²) in [5, 5.41) is 12.3. The van der Waals surface area contributed by atoms with Gasteiger partial charge in [0.2, 0.25) is 5.91 Å². The molecule has 0 aromatic heterocycles. The average Bonchev–Trinajstić information content (AvgIpc) is 2.42. The molecule has 5 heteroatoms. The third kappa shape index (κ3) is 4.10. The lowest BCUT2D eigenvalue weighted by Gasteiger charge is -2.12. The van der Waals surface area contributed by atoms with Crippen molar-refractivity contribution in [1.82, 2.24) is 0 Å². The van der Waals surface area contributed by atoms with Crippen LogP contribution in [0.5, 0.6) is 0 Å². The van der Waals surface area contributed by atoms with Crippen LogP contribution in [0.4, 0.5) is 14.5 Å². The molecule has 0 heterocycles. The van der Waals surface area contributed by atoms with Gasteiger partial charge in [-0.3, -0.25) is 4.79 Å². The Morgan fingerprint density at radius 1 is 1.24 bits per heavy atom. The quantitative estimate of drug-likeness (QED) is 0.907. The molecule has 0 saturated heterocycles. The van der Waals surface area contributed by atoms with Crippen LogP contribution in [0.15, 0.2) is 42.5 Å². The molecule has 1 unspecified atom stereocenters. The molecule has 0 aliphatic carbocycles. The molecule has 110 valence electrons. The summed E-state index contributed by atoms with van der Waals surface area (Å²) in [7, 11) is 0. The highest BCUT2D eigenvalue weighted by Gasteiger charge is 2.15. The van der Waals surface area contributed by atoms with Crippen molar-refractivity contribution < 1.29 is 18.7 Å². The van der Waals surface area contributed by atoms with Gasteiger partial charge in [-0.2, -0.15) is 0 Å². The average molecular weight is 291 g/mol. The minimum absolute atomic E-state index is 0.0528. The number of aryl methyl sites for hydroxylation is 1. The zero-order valence-corrected chi connectivity index (χ0v) is 11.4. The fourth-order valence-electron chi connectivity index (χ4n) is 1.93. The van der Waals surface area contributed by atoms with E-state index in [1.54, 1.807) is 13.0 Å². The number of aliphatic hydroxyl groups excluding tert-OH is 1. The van der Waals surface area contributed by atoms with E-state index in [0.717, 1.165) is 11.6 Å². The Bertz CT molecular complexity index is 658. The maximum atomic E-state index is 13.6. The second-order valence-electron chi connectivity index (χ2n) is 4.81. The topological polar surface area (TPSA) is 49.3 Å². The highest BCUT2D eigenvalue weighted by Crippen LogP contribution is 2.20. The lowest BCUT2D eigenvalue weighted by molar-refractivity contribution is -0.118. The number of nitrogens with one attached hydrogen (secondary N) is 1. The van der Waals surface area contributed by atoms with Gasteiger partial charge < -0.3 is 10.4 Å². The number of aliphatic hydroxyl groups is 1. The van der Waals surface area contributed by atoms with Crippen LogP contribution in [0.1, 0.15) is 23.7 Å². The Kier molecular flexibility index (Phi) is 4.65. The molecule has 0 aliphatic heterocycles.